The second-order valence-corrected chi connectivity index (χ2v) is 7.61. The molecule has 0 bridgehead atoms. The van der Waals surface area contributed by atoms with Gasteiger partial charge < -0.3 is 15.4 Å². The summed E-state index contributed by atoms with van der Waals surface area (Å²) in [5, 5.41) is 6.59. The van der Waals surface area contributed by atoms with Gasteiger partial charge >= 0.3 is 6.18 Å². The highest BCUT2D eigenvalue weighted by Gasteiger charge is 2.31. The predicted octanol–water partition coefficient (Wildman–Crippen LogP) is 3.04. The highest BCUT2D eigenvalue weighted by molar-refractivity contribution is 5.80. The van der Waals surface area contributed by atoms with Crippen LogP contribution in [-0.2, 0) is 10.9 Å². The van der Waals surface area contributed by atoms with Gasteiger partial charge in [-0.1, -0.05) is 12.1 Å². The molecule has 152 valence electrons. The van der Waals surface area contributed by atoms with Crippen LogP contribution in [0.4, 0.5) is 13.2 Å². The number of morpholine rings is 1. The fraction of sp³-hybridized carbons (Fsp3) is 0.632. The van der Waals surface area contributed by atoms with Crippen molar-refractivity contribution in [3.05, 3.63) is 35.4 Å². The Morgan fingerprint density at radius 2 is 1.74 bits per heavy atom. The van der Waals surface area contributed by atoms with E-state index < -0.39 is 11.7 Å². The van der Waals surface area contributed by atoms with Crippen LogP contribution in [0.2, 0.25) is 0 Å². The van der Waals surface area contributed by atoms with E-state index in [1.165, 1.54) is 0 Å². The molecule has 0 spiro atoms. The van der Waals surface area contributed by atoms with Crippen LogP contribution in [0.25, 0.3) is 0 Å². The Hall–Kier alpha value is -1.80. The summed E-state index contributed by atoms with van der Waals surface area (Å²) >= 11 is 0. The van der Waals surface area contributed by atoms with Gasteiger partial charge in [-0.15, -0.1) is 0 Å². The van der Waals surface area contributed by atoms with E-state index in [0.29, 0.717) is 25.7 Å². The number of nitrogens with zero attached hydrogens (tertiary/aromatic N) is 2. The molecule has 0 saturated carbocycles. The number of guanidine groups is 1. The van der Waals surface area contributed by atoms with Crippen molar-refractivity contribution in [2.45, 2.75) is 38.5 Å². The molecule has 1 aliphatic heterocycles. The lowest BCUT2D eigenvalue weighted by molar-refractivity contribution is -0.137. The Bertz CT molecular complexity index is 617. The molecule has 1 fully saturated rings. The smallest absolute Gasteiger partial charge is 0.379 e. The van der Waals surface area contributed by atoms with Crippen molar-refractivity contribution in [2.24, 2.45) is 4.99 Å². The fourth-order valence-corrected chi connectivity index (χ4v) is 2.97. The molecule has 1 heterocycles. The first-order valence-corrected chi connectivity index (χ1v) is 9.08. The Balaban J connectivity index is 2.16. The van der Waals surface area contributed by atoms with Crippen LogP contribution in [0.1, 0.15) is 37.9 Å². The molecule has 2 rings (SSSR count). The molecule has 1 saturated heterocycles. The van der Waals surface area contributed by atoms with Gasteiger partial charge in [-0.3, -0.25) is 9.89 Å². The summed E-state index contributed by atoms with van der Waals surface area (Å²) in [5.74, 6) is 0.660. The molecule has 0 aromatic heterocycles. The first-order valence-electron chi connectivity index (χ1n) is 9.08. The average molecular weight is 386 g/mol. The number of alkyl halides is 3. The summed E-state index contributed by atoms with van der Waals surface area (Å²) in [4.78, 5) is 6.46. The predicted molar refractivity (Wildman–Crippen MR) is 101 cm³/mol. The molecule has 1 unspecified atom stereocenters. The van der Waals surface area contributed by atoms with Gasteiger partial charge in [-0.25, -0.2) is 0 Å². The Morgan fingerprint density at radius 3 is 2.22 bits per heavy atom. The molecule has 0 aliphatic carbocycles. The minimum Gasteiger partial charge on any atom is -0.379 e. The number of rotatable bonds is 4. The van der Waals surface area contributed by atoms with Gasteiger partial charge in [0.2, 0.25) is 0 Å². The van der Waals surface area contributed by atoms with E-state index in [1.54, 1.807) is 19.2 Å². The summed E-state index contributed by atoms with van der Waals surface area (Å²) in [5.41, 5.74) is 0.0544. The van der Waals surface area contributed by atoms with Gasteiger partial charge in [-0.05, 0) is 38.5 Å². The molecule has 1 aromatic rings. The zero-order chi connectivity index (χ0) is 20.1. The molecule has 8 heteroatoms. The molecular formula is C19H29F3N4O. The van der Waals surface area contributed by atoms with Crippen LogP contribution in [0.3, 0.4) is 0 Å². The standard InChI is InChI=1S/C19H29F3N4O/c1-18(2,3)25-17(23-4)24-13-16(26-9-11-27-12-10-26)14-5-7-15(8-6-14)19(20,21)22/h5-8,16H,9-13H2,1-4H3,(H2,23,24,25). The topological polar surface area (TPSA) is 48.9 Å². The molecule has 0 amide bonds. The highest BCUT2D eigenvalue weighted by atomic mass is 19.4. The van der Waals surface area contributed by atoms with Crippen LogP contribution >= 0.6 is 0 Å². The van der Waals surface area contributed by atoms with E-state index in [4.69, 9.17) is 4.74 Å². The van der Waals surface area contributed by atoms with Gasteiger partial charge in [0.25, 0.3) is 0 Å². The lowest BCUT2D eigenvalue weighted by Gasteiger charge is -2.35. The van der Waals surface area contributed by atoms with Crippen LogP contribution in [-0.4, -0.2) is 56.3 Å². The number of aliphatic imine (C=N–C) groups is 1. The van der Waals surface area contributed by atoms with Crippen LogP contribution in [0.5, 0.6) is 0 Å². The third kappa shape index (κ3) is 6.70. The Kier molecular flexibility index (Phi) is 7.11. The maximum Gasteiger partial charge on any atom is 0.416 e. The van der Waals surface area contributed by atoms with Crippen molar-refractivity contribution in [1.29, 1.82) is 0 Å². The summed E-state index contributed by atoms with van der Waals surface area (Å²) in [6.07, 6.45) is -4.33. The largest absolute Gasteiger partial charge is 0.416 e. The van der Waals surface area contributed by atoms with Gasteiger partial charge in [0.05, 0.1) is 24.8 Å². The van der Waals surface area contributed by atoms with Gasteiger partial charge in [0, 0.05) is 32.2 Å². The van der Waals surface area contributed by atoms with Crippen LogP contribution < -0.4 is 10.6 Å². The number of halogens is 3. The number of hydrogen-bond donors (Lipinski definition) is 2. The number of hydrogen-bond acceptors (Lipinski definition) is 3. The summed E-state index contributed by atoms with van der Waals surface area (Å²) in [7, 11) is 1.70. The fourth-order valence-electron chi connectivity index (χ4n) is 2.97. The third-order valence-corrected chi connectivity index (χ3v) is 4.29. The maximum atomic E-state index is 12.9. The molecule has 1 atom stereocenters. The average Bonchev–Trinajstić information content (AvgIpc) is 2.60. The summed E-state index contributed by atoms with van der Waals surface area (Å²) < 4.78 is 44.0. The monoisotopic (exact) mass is 386 g/mol. The van der Waals surface area contributed by atoms with E-state index >= 15 is 0 Å². The number of benzene rings is 1. The first-order chi connectivity index (χ1) is 12.6. The molecule has 1 aliphatic rings. The van der Waals surface area contributed by atoms with E-state index in [1.807, 2.05) is 20.8 Å². The van der Waals surface area contributed by atoms with Crippen LogP contribution in [0.15, 0.2) is 29.3 Å². The Morgan fingerprint density at radius 1 is 1.15 bits per heavy atom. The van der Waals surface area contributed by atoms with Crippen molar-refractivity contribution in [3.63, 3.8) is 0 Å². The Labute approximate surface area is 159 Å². The zero-order valence-electron chi connectivity index (χ0n) is 16.4. The van der Waals surface area contributed by atoms with E-state index in [9.17, 15) is 13.2 Å². The SMILES string of the molecule is CN=C(NCC(c1ccc(C(F)(F)F)cc1)N1CCOCC1)NC(C)(C)C. The second-order valence-electron chi connectivity index (χ2n) is 7.61. The quantitative estimate of drug-likeness (QED) is 0.617. The van der Waals surface area contributed by atoms with E-state index in [2.05, 4.69) is 20.5 Å². The van der Waals surface area contributed by atoms with Gasteiger partial charge in [0.15, 0.2) is 5.96 Å². The van der Waals surface area contributed by atoms with Gasteiger partial charge in [0.1, 0.15) is 0 Å². The second kappa shape index (κ2) is 8.93. The molecule has 0 radical (unpaired) electrons. The van der Waals surface area contributed by atoms with Crippen molar-refractivity contribution < 1.29 is 17.9 Å². The highest BCUT2D eigenvalue weighted by Crippen LogP contribution is 2.31. The van der Waals surface area contributed by atoms with Crippen LogP contribution in [0, 0.1) is 0 Å². The van der Waals surface area contributed by atoms with E-state index in [0.717, 1.165) is 30.8 Å². The maximum absolute atomic E-state index is 12.9. The third-order valence-electron chi connectivity index (χ3n) is 4.29. The molecule has 1 aromatic carbocycles. The number of nitrogens with one attached hydrogen (secondary N) is 2. The molecule has 27 heavy (non-hydrogen) atoms. The zero-order valence-corrected chi connectivity index (χ0v) is 16.4. The molecule has 2 N–H and O–H groups in total. The van der Waals surface area contributed by atoms with Crippen molar-refractivity contribution >= 4 is 5.96 Å². The number of ether oxygens (including phenoxy) is 1. The van der Waals surface area contributed by atoms with Crippen molar-refractivity contribution in [3.8, 4) is 0 Å². The lowest BCUT2D eigenvalue weighted by atomic mass is 10.0. The summed E-state index contributed by atoms with van der Waals surface area (Å²) in [6, 6.07) is 5.33. The minimum absolute atomic E-state index is 0.0743. The molecule has 5 nitrogen and oxygen atoms in total. The lowest BCUT2D eigenvalue weighted by Crippen LogP contribution is -2.50. The summed E-state index contributed by atoms with van der Waals surface area (Å²) in [6.45, 7) is 9.34. The van der Waals surface area contributed by atoms with Crippen molar-refractivity contribution in [2.75, 3.05) is 39.9 Å². The van der Waals surface area contributed by atoms with E-state index in [-0.39, 0.29) is 11.6 Å². The minimum atomic E-state index is -4.33. The molecular weight excluding hydrogens is 357 g/mol. The normalized spacial score (nSPS) is 18.3. The van der Waals surface area contributed by atoms with Gasteiger partial charge in [-0.2, -0.15) is 13.2 Å². The first kappa shape index (κ1) is 21.5. The van der Waals surface area contributed by atoms with Crippen molar-refractivity contribution in [1.82, 2.24) is 15.5 Å².